The Balaban J connectivity index is 1.44. The number of piperidine rings is 2. The second-order valence-electron chi connectivity index (χ2n) is 8.40. The van der Waals surface area contributed by atoms with Crippen LogP contribution in [-0.4, -0.2) is 82.3 Å². The number of nitrogens with one attached hydrogen (secondary N) is 2. The van der Waals surface area contributed by atoms with Crippen LogP contribution < -0.4 is 10.6 Å². The van der Waals surface area contributed by atoms with Crippen molar-refractivity contribution in [2.45, 2.75) is 44.2 Å². The van der Waals surface area contributed by atoms with Gasteiger partial charge >= 0.3 is 0 Å². The molecule has 164 valence electrons. The lowest BCUT2D eigenvalue weighted by molar-refractivity contribution is 0.125. The number of guanidine groups is 1. The lowest BCUT2D eigenvalue weighted by Crippen LogP contribution is -2.50. The van der Waals surface area contributed by atoms with Crippen molar-refractivity contribution in [2.75, 3.05) is 60.5 Å². The molecule has 0 bridgehead atoms. The van der Waals surface area contributed by atoms with Gasteiger partial charge in [0.15, 0.2) is 5.96 Å². The molecule has 29 heavy (non-hydrogen) atoms. The lowest BCUT2D eigenvalue weighted by atomic mass is 9.88. The lowest BCUT2D eigenvalue weighted by Gasteiger charge is -2.39. The number of nitrogens with zero attached hydrogens (tertiary/aromatic N) is 3. The first-order chi connectivity index (χ1) is 14.2. The zero-order valence-electron chi connectivity index (χ0n) is 18.4. The monoisotopic (exact) mass is 421 g/mol. The largest absolute Gasteiger partial charge is 0.385 e. The van der Waals surface area contributed by atoms with Gasteiger partial charge in [-0.15, -0.1) is 11.3 Å². The maximum atomic E-state index is 5.17. The highest BCUT2D eigenvalue weighted by molar-refractivity contribution is 7.10. The predicted octanol–water partition coefficient (Wildman–Crippen LogP) is 2.80. The summed E-state index contributed by atoms with van der Waals surface area (Å²) in [5.41, 5.74) is 0. The van der Waals surface area contributed by atoms with E-state index in [9.17, 15) is 0 Å². The highest BCUT2D eigenvalue weighted by atomic mass is 32.1. The highest BCUT2D eigenvalue weighted by Gasteiger charge is 2.31. The molecule has 0 amide bonds. The molecule has 2 aliphatic rings. The summed E-state index contributed by atoms with van der Waals surface area (Å²) in [5, 5.41) is 9.51. The standard InChI is InChI=1S/C22H39N5OS/c1-23-22(25-19-9-13-27(14-10-19)12-6-15-28-3)24-17-18-7-4-11-26(2)21(18)20-8-5-16-29-20/h5,8,16,18-19,21H,4,6-7,9-15,17H2,1-3H3,(H2,23,24,25). The molecule has 0 aromatic carbocycles. The van der Waals surface area contributed by atoms with Crippen LogP contribution in [0.15, 0.2) is 22.5 Å². The van der Waals surface area contributed by atoms with Gasteiger partial charge in [-0.3, -0.25) is 9.89 Å². The second kappa shape index (κ2) is 11.9. The van der Waals surface area contributed by atoms with Crippen molar-refractivity contribution < 1.29 is 4.74 Å². The van der Waals surface area contributed by atoms with E-state index in [0.29, 0.717) is 18.0 Å². The van der Waals surface area contributed by atoms with Gasteiger partial charge in [-0.05, 0) is 63.1 Å². The molecule has 2 fully saturated rings. The van der Waals surface area contributed by atoms with E-state index in [1.54, 1.807) is 7.11 Å². The predicted molar refractivity (Wildman–Crippen MR) is 123 cm³/mol. The zero-order chi connectivity index (χ0) is 20.5. The molecule has 2 N–H and O–H groups in total. The van der Waals surface area contributed by atoms with E-state index >= 15 is 0 Å². The van der Waals surface area contributed by atoms with Crippen LogP contribution in [0.2, 0.25) is 0 Å². The van der Waals surface area contributed by atoms with Crippen LogP contribution in [-0.2, 0) is 4.74 Å². The summed E-state index contributed by atoms with van der Waals surface area (Å²) in [7, 11) is 5.94. The molecule has 6 nitrogen and oxygen atoms in total. The first kappa shape index (κ1) is 22.5. The molecule has 2 aliphatic heterocycles. The Morgan fingerprint density at radius 2 is 2.10 bits per heavy atom. The number of hydrogen-bond donors (Lipinski definition) is 2. The molecule has 0 aliphatic carbocycles. The SMILES string of the molecule is CN=C(NCC1CCCN(C)C1c1cccs1)NC1CCN(CCCOC)CC1. The molecule has 0 radical (unpaired) electrons. The van der Waals surface area contributed by atoms with Crippen LogP contribution in [0.4, 0.5) is 0 Å². The van der Waals surface area contributed by atoms with E-state index in [1.165, 1.54) is 37.1 Å². The van der Waals surface area contributed by atoms with Crippen molar-refractivity contribution >= 4 is 17.3 Å². The Kier molecular flexibility index (Phi) is 9.24. The van der Waals surface area contributed by atoms with E-state index in [1.807, 2.05) is 18.4 Å². The summed E-state index contributed by atoms with van der Waals surface area (Å²) in [6.07, 6.45) is 6.03. The van der Waals surface area contributed by atoms with Crippen molar-refractivity contribution in [3.8, 4) is 0 Å². The zero-order valence-corrected chi connectivity index (χ0v) is 19.2. The molecule has 2 unspecified atom stereocenters. The Hall–Kier alpha value is -1.15. The number of likely N-dealkylation sites (tertiary alicyclic amines) is 2. The van der Waals surface area contributed by atoms with Crippen molar-refractivity contribution in [1.82, 2.24) is 20.4 Å². The summed E-state index contributed by atoms with van der Waals surface area (Å²) in [6.45, 7) is 6.49. The van der Waals surface area contributed by atoms with Gasteiger partial charge in [-0.1, -0.05) is 6.07 Å². The minimum atomic E-state index is 0.516. The van der Waals surface area contributed by atoms with Crippen LogP contribution >= 0.6 is 11.3 Å². The van der Waals surface area contributed by atoms with Crippen LogP contribution in [0.25, 0.3) is 0 Å². The van der Waals surface area contributed by atoms with Crippen LogP contribution in [0.3, 0.4) is 0 Å². The molecule has 0 spiro atoms. The molecular formula is C22H39N5OS. The molecule has 3 heterocycles. The van der Waals surface area contributed by atoms with Crippen LogP contribution in [0.1, 0.15) is 43.0 Å². The van der Waals surface area contributed by atoms with Crippen molar-refractivity contribution in [3.05, 3.63) is 22.4 Å². The quantitative estimate of drug-likeness (QED) is 0.384. The van der Waals surface area contributed by atoms with E-state index < -0.39 is 0 Å². The number of hydrogen-bond acceptors (Lipinski definition) is 5. The number of aliphatic imine (C=N–C) groups is 1. The minimum absolute atomic E-state index is 0.516. The molecule has 1 aromatic rings. The number of methoxy groups -OCH3 is 1. The summed E-state index contributed by atoms with van der Waals surface area (Å²) < 4.78 is 5.17. The Bertz CT molecular complexity index is 600. The molecule has 2 atom stereocenters. The Morgan fingerprint density at radius 1 is 1.28 bits per heavy atom. The van der Waals surface area contributed by atoms with Gasteiger partial charge in [0.2, 0.25) is 0 Å². The van der Waals surface area contributed by atoms with E-state index in [2.05, 4.69) is 50.0 Å². The van der Waals surface area contributed by atoms with Gasteiger partial charge in [-0.2, -0.15) is 0 Å². The maximum absolute atomic E-state index is 5.17. The molecule has 7 heteroatoms. The fourth-order valence-corrected chi connectivity index (χ4v) is 5.71. The van der Waals surface area contributed by atoms with Gasteiger partial charge in [0, 0.05) is 63.9 Å². The van der Waals surface area contributed by atoms with E-state index in [0.717, 1.165) is 45.2 Å². The van der Waals surface area contributed by atoms with Gasteiger partial charge in [0.25, 0.3) is 0 Å². The average Bonchev–Trinajstić information content (AvgIpc) is 3.26. The number of rotatable bonds is 8. The highest BCUT2D eigenvalue weighted by Crippen LogP contribution is 2.36. The molecule has 2 saturated heterocycles. The maximum Gasteiger partial charge on any atom is 0.191 e. The van der Waals surface area contributed by atoms with Crippen molar-refractivity contribution in [2.24, 2.45) is 10.9 Å². The summed E-state index contributed by atoms with van der Waals surface area (Å²) in [6, 6.07) is 5.50. The molecular weight excluding hydrogens is 382 g/mol. The molecule has 3 rings (SSSR count). The fourth-order valence-electron chi connectivity index (χ4n) is 4.73. The van der Waals surface area contributed by atoms with E-state index in [-0.39, 0.29) is 0 Å². The third-order valence-electron chi connectivity index (χ3n) is 6.35. The first-order valence-electron chi connectivity index (χ1n) is 11.1. The van der Waals surface area contributed by atoms with Gasteiger partial charge in [-0.25, -0.2) is 0 Å². The van der Waals surface area contributed by atoms with Crippen LogP contribution in [0, 0.1) is 5.92 Å². The summed E-state index contributed by atoms with van der Waals surface area (Å²) in [4.78, 5) is 11.1. The average molecular weight is 422 g/mol. The Labute approximate surface area is 180 Å². The Morgan fingerprint density at radius 3 is 2.79 bits per heavy atom. The third-order valence-corrected chi connectivity index (χ3v) is 7.29. The second-order valence-corrected chi connectivity index (χ2v) is 9.38. The van der Waals surface area contributed by atoms with Gasteiger partial charge in [0.1, 0.15) is 0 Å². The van der Waals surface area contributed by atoms with E-state index in [4.69, 9.17) is 4.74 Å². The number of thiophene rings is 1. The minimum Gasteiger partial charge on any atom is -0.385 e. The van der Waals surface area contributed by atoms with Crippen molar-refractivity contribution in [1.29, 1.82) is 0 Å². The fraction of sp³-hybridized carbons (Fsp3) is 0.773. The summed E-state index contributed by atoms with van der Waals surface area (Å²) >= 11 is 1.88. The normalized spacial score (nSPS) is 25.3. The van der Waals surface area contributed by atoms with Gasteiger partial charge < -0.3 is 20.3 Å². The smallest absolute Gasteiger partial charge is 0.191 e. The number of ether oxygens (including phenoxy) is 1. The third kappa shape index (κ3) is 6.67. The molecule has 1 aromatic heterocycles. The van der Waals surface area contributed by atoms with Crippen molar-refractivity contribution in [3.63, 3.8) is 0 Å². The van der Waals surface area contributed by atoms with Crippen LogP contribution in [0.5, 0.6) is 0 Å². The van der Waals surface area contributed by atoms with Gasteiger partial charge in [0.05, 0.1) is 0 Å². The topological polar surface area (TPSA) is 52.1 Å². The first-order valence-corrected chi connectivity index (χ1v) is 12.0. The summed E-state index contributed by atoms with van der Waals surface area (Å²) in [5.74, 6) is 1.58. The molecule has 0 saturated carbocycles.